The third-order valence-electron chi connectivity index (χ3n) is 3.32. The second-order valence-corrected chi connectivity index (χ2v) is 6.17. The number of urea groups is 1. The van der Waals surface area contributed by atoms with Crippen LogP contribution in [0.3, 0.4) is 0 Å². The monoisotopic (exact) mass is 429 g/mol. The summed E-state index contributed by atoms with van der Waals surface area (Å²) in [5.74, 6) is -2.35. The maximum absolute atomic E-state index is 12.1. The van der Waals surface area contributed by atoms with E-state index in [1.807, 2.05) is 19.1 Å². The van der Waals surface area contributed by atoms with Gasteiger partial charge in [0.1, 0.15) is 6.54 Å². The number of nitrogens with one attached hydrogen (secondary N) is 1. The Balaban J connectivity index is 2.03. The Labute approximate surface area is 147 Å². The topological polar surface area (TPSA) is 86.8 Å². The highest BCUT2D eigenvalue weighted by Gasteiger charge is 2.44. The second kappa shape index (κ2) is 7.53. The number of hydrogen-bond acceptors (Lipinski definition) is 4. The van der Waals surface area contributed by atoms with Gasteiger partial charge in [0.2, 0.25) is 5.91 Å². The molecule has 1 saturated heterocycles. The molecule has 122 valence electrons. The number of amides is 5. The van der Waals surface area contributed by atoms with E-state index in [1.54, 1.807) is 12.1 Å². The van der Waals surface area contributed by atoms with Gasteiger partial charge < -0.3 is 5.32 Å². The molecule has 8 heteroatoms. The SMILES string of the molecule is CCCCN1C(=O)C(=O)N(CC(=O)Nc2ccccc2I)C1=O. The smallest absolute Gasteiger partial charge is 0.324 e. The fraction of sp³-hybridized carbons (Fsp3) is 0.333. The van der Waals surface area contributed by atoms with Crippen LogP contribution in [0.25, 0.3) is 0 Å². The average Bonchev–Trinajstić information content (AvgIpc) is 2.72. The van der Waals surface area contributed by atoms with Crippen LogP contribution in [0.15, 0.2) is 24.3 Å². The number of nitrogens with zero attached hydrogens (tertiary/aromatic N) is 2. The normalized spacial score (nSPS) is 14.6. The minimum atomic E-state index is -0.955. The summed E-state index contributed by atoms with van der Waals surface area (Å²) in [6.07, 6.45) is 1.41. The Hall–Kier alpha value is -1.97. The molecule has 1 aliphatic heterocycles. The highest BCUT2D eigenvalue weighted by molar-refractivity contribution is 14.1. The van der Waals surface area contributed by atoms with Gasteiger partial charge in [-0.3, -0.25) is 19.3 Å². The molecule has 0 saturated carbocycles. The molecular weight excluding hydrogens is 413 g/mol. The van der Waals surface area contributed by atoms with Gasteiger partial charge in [-0.2, -0.15) is 0 Å². The fourth-order valence-corrected chi connectivity index (χ4v) is 2.62. The van der Waals surface area contributed by atoms with Crippen molar-refractivity contribution in [3.05, 3.63) is 27.8 Å². The maximum atomic E-state index is 12.1. The number of hydrogen-bond donors (Lipinski definition) is 1. The molecule has 0 radical (unpaired) electrons. The van der Waals surface area contributed by atoms with Gasteiger partial charge in [-0.1, -0.05) is 25.5 Å². The van der Waals surface area contributed by atoms with Gasteiger partial charge in [-0.25, -0.2) is 9.69 Å². The lowest BCUT2D eigenvalue weighted by atomic mass is 10.3. The molecule has 1 N–H and O–H groups in total. The maximum Gasteiger partial charge on any atom is 0.334 e. The molecule has 0 atom stereocenters. The van der Waals surface area contributed by atoms with Gasteiger partial charge in [0.25, 0.3) is 0 Å². The van der Waals surface area contributed by atoms with E-state index in [2.05, 4.69) is 27.9 Å². The summed E-state index contributed by atoms with van der Waals surface area (Å²) in [6, 6.07) is 6.39. The summed E-state index contributed by atoms with van der Waals surface area (Å²) in [7, 11) is 0. The van der Waals surface area contributed by atoms with Crippen LogP contribution < -0.4 is 5.32 Å². The van der Waals surface area contributed by atoms with Crippen LogP contribution in [0, 0.1) is 3.57 Å². The molecule has 1 aromatic rings. The van der Waals surface area contributed by atoms with Gasteiger partial charge in [0, 0.05) is 10.1 Å². The van der Waals surface area contributed by atoms with Gasteiger partial charge >= 0.3 is 17.8 Å². The van der Waals surface area contributed by atoms with E-state index in [9.17, 15) is 19.2 Å². The van der Waals surface area contributed by atoms with E-state index in [0.717, 1.165) is 14.9 Å². The van der Waals surface area contributed by atoms with E-state index in [0.29, 0.717) is 17.0 Å². The van der Waals surface area contributed by atoms with Crippen molar-refractivity contribution in [3.8, 4) is 0 Å². The van der Waals surface area contributed by atoms with Crippen molar-refractivity contribution in [2.24, 2.45) is 0 Å². The number of carbonyl (C=O) groups is 4. The molecule has 1 aromatic carbocycles. The number of anilines is 1. The number of carbonyl (C=O) groups excluding carboxylic acids is 4. The Morgan fingerprint density at radius 1 is 1.13 bits per heavy atom. The Morgan fingerprint density at radius 2 is 1.78 bits per heavy atom. The Bertz CT molecular complexity index is 662. The predicted octanol–water partition coefficient (Wildman–Crippen LogP) is 1.82. The minimum Gasteiger partial charge on any atom is -0.324 e. The van der Waals surface area contributed by atoms with Crippen molar-refractivity contribution in [2.75, 3.05) is 18.4 Å². The number of para-hydroxylation sites is 1. The summed E-state index contributed by atoms with van der Waals surface area (Å²) >= 11 is 2.06. The summed E-state index contributed by atoms with van der Waals surface area (Å²) < 4.78 is 0.832. The number of benzene rings is 1. The molecule has 2 rings (SSSR count). The van der Waals surface area contributed by atoms with Crippen LogP contribution >= 0.6 is 22.6 Å². The van der Waals surface area contributed by atoms with E-state index in [4.69, 9.17) is 0 Å². The predicted molar refractivity (Wildman–Crippen MR) is 91.5 cm³/mol. The molecule has 7 nitrogen and oxygen atoms in total. The fourth-order valence-electron chi connectivity index (χ4n) is 2.10. The molecule has 1 aliphatic rings. The lowest BCUT2D eigenvalue weighted by Crippen LogP contribution is -2.39. The first kappa shape index (κ1) is 17.4. The zero-order valence-electron chi connectivity index (χ0n) is 12.5. The van der Waals surface area contributed by atoms with Crippen molar-refractivity contribution in [1.29, 1.82) is 0 Å². The average molecular weight is 429 g/mol. The van der Waals surface area contributed by atoms with Crippen molar-refractivity contribution in [1.82, 2.24) is 9.80 Å². The molecule has 0 bridgehead atoms. The zero-order valence-corrected chi connectivity index (χ0v) is 14.7. The molecular formula is C15H16IN3O4. The van der Waals surface area contributed by atoms with E-state index < -0.39 is 30.3 Å². The summed E-state index contributed by atoms with van der Waals surface area (Å²) in [6.45, 7) is 1.63. The number of rotatable bonds is 6. The number of halogens is 1. The molecule has 0 spiro atoms. The molecule has 0 aliphatic carbocycles. The third kappa shape index (κ3) is 3.87. The van der Waals surface area contributed by atoms with Gasteiger partial charge in [-0.15, -0.1) is 0 Å². The van der Waals surface area contributed by atoms with Crippen molar-refractivity contribution in [3.63, 3.8) is 0 Å². The standard InChI is InChI=1S/C15H16IN3O4/c1-2-3-8-18-13(21)14(22)19(15(18)23)9-12(20)17-11-7-5-4-6-10(11)16/h4-7H,2-3,8-9H2,1H3,(H,17,20). The number of imide groups is 2. The lowest BCUT2D eigenvalue weighted by Gasteiger charge is -2.15. The molecule has 5 amide bonds. The highest BCUT2D eigenvalue weighted by atomic mass is 127. The van der Waals surface area contributed by atoms with E-state index in [1.165, 1.54) is 0 Å². The lowest BCUT2D eigenvalue weighted by molar-refractivity contribution is -0.143. The Kier molecular flexibility index (Phi) is 5.69. The first-order valence-corrected chi connectivity index (χ1v) is 8.25. The molecule has 1 fully saturated rings. The van der Waals surface area contributed by atoms with Crippen LogP contribution in [0.1, 0.15) is 19.8 Å². The zero-order chi connectivity index (χ0) is 17.0. The second-order valence-electron chi connectivity index (χ2n) is 5.01. The van der Waals surface area contributed by atoms with Gasteiger partial charge in [0.05, 0.1) is 5.69 Å². The van der Waals surface area contributed by atoms with Gasteiger partial charge in [0.15, 0.2) is 0 Å². The molecule has 0 unspecified atom stereocenters. The first-order valence-electron chi connectivity index (χ1n) is 7.17. The van der Waals surface area contributed by atoms with E-state index in [-0.39, 0.29) is 6.54 Å². The third-order valence-corrected chi connectivity index (χ3v) is 4.26. The molecule has 1 heterocycles. The summed E-state index contributed by atoms with van der Waals surface area (Å²) in [5.41, 5.74) is 0.589. The molecule has 23 heavy (non-hydrogen) atoms. The van der Waals surface area contributed by atoms with Gasteiger partial charge in [-0.05, 0) is 41.1 Å². The van der Waals surface area contributed by atoms with Crippen LogP contribution in [-0.2, 0) is 14.4 Å². The molecule has 0 aromatic heterocycles. The highest BCUT2D eigenvalue weighted by Crippen LogP contribution is 2.18. The number of unbranched alkanes of at least 4 members (excludes halogenated alkanes) is 1. The quantitative estimate of drug-likeness (QED) is 0.425. The minimum absolute atomic E-state index is 0.189. The Morgan fingerprint density at radius 3 is 2.43 bits per heavy atom. The van der Waals surface area contributed by atoms with Crippen LogP contribution in [-0.4, -0.2) is 46.6 Å². The largest absolute Gasteiger partial charge is 0.334 e. The van der Waals surface area contributed by atoms with Crippen LogP contribution in [0.2, 0.25) is 0 Å². The summed E-state index contributed by atoms with van der Waals surface area (Å²) in [5, 5.41) is 2.63. The van der Waals surface area contributed by atoms with Crippen molar-refractivity contribution in [2.45, 2.75) is 19.8 Å². The van der Waals surface area contributed by atoms with E-state index >= 15 is 0 Å². The van der Waals surface area contributed by atoms with Crippen molar-refractivity contribution >= 4 is 52.0 Å². The summed E-state index contributed by atoms with van der Waals surface area (Å²) in [4.78, 5) is 49.4. The van der Waals surface area contributed by atoms with Crippen molar-refractivity contribution < 1.29 is 19.2 Å². The first-order chi connectivity index (χ1) is 11.0. The van der Waals surface area contributed by atoms with Crippen LogP contribution in [0.4, 0.5) is 10.5 Å². The van der Waals surface area contributed by atoms with Crippen LogP contribution in [0.5, 0.6) is 0 Å².